The summed E-state index contributed by atoms with van der Waals surface area (Å²) in [6.45, 7) is 8.03. The number of amides is 2. The Morgan fingerprint density at radius 2 is 1.86 bits per heavy atom. The van der Waals surface area contributed by atoms with Crippen molar-refractivity contribution in [2.24, 2.45) is 5.73 Å². The van der Waals surface area contributed by atoms with Crippen molar-refractivity contribution in [2.75, 3.05) is 6.61 Å². The summed E-state index contributed by atoms with van der Waals surface area (Å²) in [5, 5.41) is 7.57. The second kappa shape index (κ2) is 12.9. The van der Waals surface area contributed by atoms with Crippen LogP contribution in [0.4, 0.5) is 0 Å². The zero-order valence-electron chi connectivity index (χ0n) is 24.7. The normalized spacial score (nSPS) is 13.3. The lowest BCUT2D eigenvalue weighted by Gasteiger charge is -2.15. The van der Waals surface area contributed by atoms with Gasteiger partial charge in [-0.3, -0.25) is 14.2 Å². The van der Waals surface area contributed by atoms with E-state index < -0.39 is 14.0 Å². The average Bonchev–Trinajstić information content (AvgIpc) is 3.47. The summed E-state index contributed by atoms with van der Waals surface area (Å²) in [6.07, 6.45) is 9.59. The minimum atomic E-state index is -1.18. The van der Waals surface area contributed by atoms with Crippen LogP contribution in [0.15, 0.2) is 67.1 Å². The molecule has 1 fully saturated rings. The fourth-order valence-electron chi connectivity index (χ4n) is 4.82. The molecule has 5 rings (SSSR count). The molecule has 2 aromatic carbocycles. The van der Waals surface area contributed by atoms with Crippen molar-refractivity contribution in [2.45, 2.75) is 70.6 Å². The Morgan fingerprint density at radius 3 is 2.57 bits per heavy atom. The number of aromatic nitrogens is 4. The molecule has 220 valence electrons. The maximum atomic E-state index is 12.7. The monoisotopic (exact) mass is 584 g/mol. The van der Waals surface area contributed by atoms with Gasteiger partial charge in [0.15, 0.2) is 0 Å². The molecule has 42 heavy (non-hydrogen) atoms. The van der Waals surface area contributed by atoms with Crippen molar-refractivity contribution in [3.05, 3.63) is 78.4 Å². The molecule has 2 aromatic heterocycles. The number of hydrogen-bond acceptors (Lipinski definition) is 5. The van der Waals surface area contributed by atoms with Crippen LogP contribution in [0.2, 0.25) is 25.7 Å². The van der Waals surface area contributed by atoms with E-state index in [-0.39, 0.29) is 5.91 Å². The van der Waals surface area contributed by atoms with Gasteiger partial charge in [0.25, 0.3) is 0 Å². The SMILES string of the molecule is C[Si](C)(C)CCOCn1cc(-c2cccc(C(N)=O)c2-c2nc(CCCC(=O)NC3CC3)cn2-c2ccccc2)cn1. The number of aryl methyl sites for hydroxylation is 1. The van der Waals surface area contributed by atoms with Crippen LogP contribution in [0.25, 0.3) is 28.2 Å². The molecule has 1 saturated carbocycles. The van der Waals surface area contributed by atoms with Crippen molar-refractivity contribution in [1.29, 1.82) is 0 Å². The second-order valence-electron chi connectivity index (χ2n) is 12.2. The summed E-state index contributed by atoms with van der Waals surface area (Å²) >= 11 is 0. The molecule has 0 spiro atoms. The Morgan fingerprint density at radius 1 is 1.07 bits per heavy atom. The maximum Gasteiger partial charge on any atom is 0.249 e. The summed E-state index contributed by atoms with van der Waals surface area (Å²) in [7, 11) is -1.18. The molecule has 9 nitrogen and oxygen atoms in total. The molecule has 0 saturated heterocycles. The first kappa shape index (κ1) is 29.5. The third-order valence-corrected chi connectivity index (χ3v) is 8.99. The highest BCUT2D eigenvalue weighted by Gasteiger charge is 2.24. The predicted octanol–water partition coefficient (Wildman–Crippen LogP) is 5.42. The summed E-state index contributed by atoms with van der Waals surface area (Å²) in [5.74, 6) is 0.167. The molecule has 0 unspecified atom stereocenters. The van der Waals surface area contributed by atoms with Gasteiger partial charge in [-0.1, -0.05) is 50.0 Å². The first-order chi connectivity index (χ1) is 20.2. The standard InChI is InChI=1S/C32H40N6O3Si/c1-42(2,3)18-17-41-22-37-20-23(19-34-37)27-12-8-13-28(31(33)40)30(27)32-36-25(9-7-14-29(39)35-24-15-16-24)21-38(32)26-10-5-4-6-11-26/h4-6,8,10-13,19-21,24H,7,9,14-18,22H2,1-3H3,(H2,33,40)(H,35,39). The van der Waals surface area contributed by atoms with Gasteiger partial charge in [-0.25, -0.2) is 9.67 Å². The Balaban J connectivity index is 1.47. The number of carbonyl (C=O) groups is 2. The summed E-state index contributed by atoms with van der Waals surface area (Å²) in [4.78, 5) is 30.0. The largest absolute Gasteiger partial charge is 0.366 e. The smallest absolute Gasteiger partial charge is 0.249 e. The second-order valence-corrected chi connectivity index (χ2v) is 17.8. The molecule has 4 aromatic rings. The molecular weight excluding hydrogens is 544 g/mol. The predicted molar refractivity (Wildman–Crippen MR) is 167 cm³/mol. The molecule has 0 radical (unpaired) electrons. The van der Waals surface area contributed by atoms with Gasteiger partial charge < -0.3 is 15.8 Å². The van der Waals surface area contributed by atoms with Gasteiger partial charge in [-0.05, 0) is 55.5 Å². The number of hydrogen-bond donors (Lipinski definition) is 2. The molecule has 0 bridgehead atoms. The van der Waals surface area contributed by atoms with E-state index in [1.165, 1.54) is 0 Å². The van der Waals surface area contributed by atoms with Crippen LogP contribution in [-0.4, -0.2) is 51.9 Å². The highest BCUT2D eigenvalue weighted by molar-refractivity contribution is 6.76. The Kier molecular flexibility index (Phi) is 9.03. The third-order valence-electron chi connectivity index (χ3n) is 7.29. The molecule has 10 heteroatoms. The van der Waals surface area contributed by atoms with Gasteiger partial charge in [0.05, 0.1) is 17.5 Å². The number of rotatable bonds is 14. The lowest BCUT2D eigenvalue weighted by molar-refractivity contribution is -0.121. The van der Waals surface area contributed by atoms with Crippen LogP contribution >= 0.6 is 0 Å². The molecule has 0 aliphatic heterocycles. The van der Waals surface area contributed by atoms with Crippen molar-refractivity contribution in [1.82, 2.24) is 24.6 Å². The minimum absolute atomic E-state index is 0.0862. The zero-order valence-corrected chi connectivity index (χ0v) is 25.7. The number of nitrogens with one attached hydrogen (secondary N) is 1. The lowest BCUT2D eigenvalue weighted by Crippen LogP contribution is -2.25. The van der Waals surface area contributed by atoms with E-state index in [2.05, 4.69) is 30.1 Å². The highest BCUT2D eigenvalue weighted by Crippen LogP contribution is 2.36. The number of nitrogens with zero attached hydrogens (tertiary/aromatic N) is 4. The Labute approximate surface area is 248 Å². The topological polar surface area (TPSA) is 117 Å². The maximum absolute atomic E-state index is 12.7. The Bertz CT molecular complexity index is 1540. The molecule has 0 atom stereocenters. The van der Waals surface area contributed by atoms with E-state index in [1.54, 1.807) is 16.9 Å². The first-order valence-electron chi connectivity index (χ1n) is 14.6. The molecule has 3 N–H and O–H groups in total. The number of nitrogens with two attached hydrogens (primary N) is 1. The molecule has 2 heterocycles. The summed E-state index contributed by atoms with van der Waals surface area (Å²) < 4.78 is 9.66. The number of para-hydroxylation sites is 1. The number of benzene rings is 2. The summed E-state index contributed by atoms with van der Waals surface area (Å²) in [5.41, 5.74) is 10.3. The van der Waals surface area contributed by atoms with E-state index in [0.717, 1.165) is 41.4 Å². The van der Waals surface area contributed by atoms with Gasteiger partial charge in [-0.2, -0.15) is 5.10 Å². The van der Waals surface area contributed by atoms with Crippen molar-refractivity contribution < 1.29 is 14.3 Å². The van der Waals surface area contributed by atoms with E-state index in [4.69, 9.17) is 15.5 Å². The van der Waals surface area contributed by atoms with Gasteiger partial charge in [0.1, 0.15) is 12.6 Å². The van der Waals surface area contributed by atoms with Gasteiger partial charge >= 0.3 is 0 Å². The van der Waals surface area contributed by atoms with E-state index >= 15 is 0 Å². The van der Waals surface area contributed by atoms with Gasteiger partial charge in [-0.15, -0.1) is 0 Å². The van der Waals surface area contributed by atoms with E-state index in [1.807, 2.05) is 59.4 Å². The van der Waals surface area contributed by atoms with E-state index in [0.29, 0.717) is 55.6 Å². The van der Waals surface area contributed by atoms with Crippen LogP contribution in [-0.2, 0) is 22.7 Å². The fraction of sp³-hybridized carbons (Fsp3) is 0.375. The number of ether oxygens (including phenoxy) is 1. The molecule has 1 aliphatic carbocycles. The van der Waals surface area contributed by atoms with Crippen LogP contribution < -0.4 is 11.1 Å². The van der Waals surface area contributed by atoms with Crippen LogP contribution in [0.3, 0.4) is 0 Å². The van der Waals surface area contributed by atoms with Gasteiger partial charge in [0, 0.05) is 56.4 Å². The Hall–Kier alpha value is -4.02. The number of imidazole rings is 1. The molecular formula is C32H40N6O3Si. The minimum Gasteiger partial charge on any atom is -0.366 e. The number of primary amides is 1. The van der Waals surface area contributed by atoms with Crippen LogP contribution in [0.5, 0.6) is 0 Å². The van der Waals surface area contributed by atoms with Crippen molar-refractivity contribution in [3.8, 4) is 28.2 Å². The van der Waals surface area contributed by atoms with Crippen LogP contribution in [0.1, 0.15) is 41.7 Å². The zero-order chi connectivity index (χ0) is 29.7. The third kappa shape index (κ3) is 7.62. The van der Waals surface area contributed by atoms with Crippen LogP contribution in [0, 0.1) is 0 Å². The van der Waals surface area contributed by atoms with Crippen molar-refractivity contribution >= 4 is 19.9 Å². The molecule has 2 amide bonds. The highest BCUT2D eigenvalue weighted by atomic mass is 28.3. The lowest BCUT2D eigenvalue weighted by atomic mass is 9.96. The fourth-order valence-corrected chi connectivity index (χ4v) is 5.57. The van der Waals surface area contributed by atoms with Crippen molar-refractivity contribution in [3.63, 3.8) is 0 Å². The number of carbonyl (C=O) groups excluding carboxylic acids is 2. The van der Waals surface area contributed by atoms with E-state index in [9.17, 15) is 9.59 Å². The average molecular weight is 585 g/mol. The first-order valence-corrected chi connectivity index (χ1v) is 18.4. The quantitative estimate of drug-likeness (QED) is 0.152. The summed E-state index contributed by atoms with van der Waals surface area (Å²) in [6, 6.07) is 16.9. The van der Waals surface area contributed by atoms with Gasteiger partial charge in [0.2, 0.25) is 11.8 Å². The molecule has 1 aliphatic rings.